The van der Waals surface area contributed by atoms with E-state index in [1.54, 1.807) is 18.2 Å². The molecule has 0 spiro atoms. The van der Waals surface area contributed by atoms with Crippen molar-refractivity contribution in [2.24, 2.45) is 0 Å². The molecule has 4 N–H and O–H groups in total. The minimum Gasteiger partial charge on any atom is -0.336 e. The minimum atomic E-state index is -3.79. The molecule has 3 rings (SSSR count). The van der Waals surface area contributed by atoms with Crippen LogP contribution in [0.15, 0.2) is 70.9 Å². The molecule has 44 heavy (non-hydrogen) atoms. The molecule has 1 amide bonds. The van der Waals surface area contributed by atoms with Gasteiger partial charge in [0.25, 0.3) is 10.0 Å². The average Bonchev–Trinajstić information content (AvgIpc) is 3.37. The third kappa shape index (κ3) is 13.1. The van der Waals surface area contributed by atoms with Gasteiger partial charge in [-0.1, -0.05) is 88.3 Å². The molecule has 0 aliphatic rings. The summed E-state index contributed by atoms with van der Waals surface area (Å²) in [5.41, 5.74) is 0.478. The predicted molar refractivity (Wildman–Crippen MR) is 180 cm³/mol. The van der Waals surface area contributed by atoms with E-state index >= 15 is 0 Å². The topological polar surface area (TPSA) is 145 Å². The highest BCUT2D eigenvalue weighted by Crippen LogP contribution is 2.19. The lowest BCUT2D eigenvalue weighted by Crippen LogP contribution is -2.17. The van der Waals surface area contributed by atoms with E-state index in [2.05, 4.69) is 44.3 Å². The number of nitrogens with zero attached hydrogens (tertiary/aromatic N) is 4. The van der Waals surface area contributed by atoms with Crippen LogP contribution in [0.1, 0.15) is 96.2 Å². The van der Waals surface area contributed by atoms with Crippen molar-refractivity contribution in [1.29, 1.82) is 0 Å². The second kappa shape index (κ2) is 19.8. The van der Waals surface area contributed by atoms with E-state index in [1.165, 1.54) is 118 Å². The number of nitrogen functional groups attached to an aromatic ring is 1. The van der Waals surface area contributed by atoms with E-state index in [-0.39, 0.29) is 22.4 Å². The third-order valence-electron chi connectivity index (χ3n) is 7.08. The van der Waals surface area contributed by atoms with E-state index in [0.717, 1.165) is 19.3 Å². The van der Waals surface area contributed by atoms with Crippen LogP contribution in [0, 0.1) is 0 Å². The lowest BCUT2D eigenvalue weighted by atomic mass is 10.1. The van der Waals surface area contributed by atoms with Gasteiger partial charge in [0.1, 0.15) is 5.82 Å². The summed E-state index contributed by atoms with van der Waals surface area (Å²) in [5, 5.41) is 11.6. The number of sulfonamides is 1. The van der Waals surface area contributed by atoms with Crippen molar-refractivity contribution >= 4 is 39.2 Å². The van der Waals surface area contributed by atoms with E-state index in [4.69, 9.17) is 5.84 Å². The lowest BCUT2D eigenvalue weighted by Gasteiger charge is -2.09. The van der Waals surface area contributed by atoms with E-state index in [1.807, 2.05) is 0 Å². The van der Waals surface area contributed by atoms with Crippen molar-refractivity contribution in [1.82, 2.24) is 19.9 Å². The van der Waals surface area contributed by atoms with Crippen molar-refractivity contribution in [2.75, 3.05) is 21.6 Å². The Kier molecular flexibility index (Phi) is 15.8. The quantitative estimate of drug-likeness (QED) is 0.0456. The van der Waals surface area contributed by atoms with Gasteiger partial charge in [-0.2, -0.15) is 0 Å². The van der Waals surface area contributed by atoms with E-state index < -0.39 is 10.0 Å². The number of hydrogen-bond acceptors (Lipinski definition) is 8. The van der Waals surface area contributed by atoms with Crippen LogP contribution in [0.5, 0.6) is 0 Å². The molecule has 0 saturated carbocycles. The number of nitrogens with two attached hydrogens (primary N) is 1. The number of aryl methyl sites for hydroxylation is 1. The van der Waals surface area contributed by atoms with Crippen molar-refractivity contribution in [3.05, 3.63) is 66.6 Å². The van der Waals surface area contributed by atoms with Gasteiger partial charge in [-0.05, 0) is 68.5 Å². The highest BCUT2D eigenvalue weighted by Gasteiger charge is 2.16. The largest absolute Gasteiger partial charge is 0.336 e. The number of anilines is 2. The van der Waals surface area contributed by atoms with Crippen LogP contribution in [0.2, 0.25) is 0 Å². The first-order valence-electron chi connectivity index (χ1n) is 15.7. The minimum absolute atomic E-state index is 0.0607. The average molecular weight is 642 g/mol. The molecule has 10 nitrogen and oxygen atoms in total. The summed E-state index contributed by atoms with van der Waals surface area (Å²) >= 11 is 1.20. The summed E-state index contributed by atoms with van der Waals surface area (Å²) < 4.78 is 29.0. The molecular weight excluding hydrogens is 595 g/mol. The zero-order valence-electron chi connectivity index (χ0n) is 25.8. The summed E-state index contributed by atoms with van der Waals surface area (Å²) in [6.45, 7) is 2.26. The Labute approximate surface area is 266 Å². The Bertz CT molecular complexity index is 1380. The Morgan fingerprint density at radius 2 is 1.55 bits per heavy atom. The van der Waals surface area contributed by atoms with Crippen LogP contribution in [0.25, 0.3) is 0 Å². The maximum absolute atomic E-state index is 12.6. The second-order valence-corrected chi connectivity index (χ2v) is 13.4. The number of thioether (sulfide) groups is 1. The summed E-state index contributed by atoms with van der Waals surface area (Å²) in [7, 11) is -3.79. The van der Waals surface area contributed by atoms with Crippen LogP contribution < -0.4 is 15.9 Å². The zero-order chi connectivity index (χ0) is 31.5. The second-order valence-electron chi connectivity index (χ2n) is 10.8. The summed E-state index contributed by atoms with van der Waals surface area (Å²) in [5.74, 6) is 6.94. The molecule has 0 aliphatic heterocycles. The molecule has 0 unspecified atom stereocenters. The van der Waals surface area contributed by atoms with Gasteiger partial charge in [-0.25, -0.2) is 18.1 Å². The summed E-state index contributed by atoms with van der Waals surface area (Å²) in [6, 6.07) is 10.9. The molecule has 3 aromatic rings. The smallest absolute Gasteiger partial charge is 0.263 e. The molecule has 0 aliphatic carbocycles. The molecule has 0 fully saturated rings. The number of aromatic nitrogens is 4. The van der Waals surface area contributed by atoms with Gasteiger partial charge in [0.05, 0.1) is 10.6 Å². The number of nitrogens with one attached hydrogen (secondary N) is 2. The molecule has 12 heteroatoms. The normalized spacial score (nSPS) is 11.7. The number of carbonyl (C=O) groups is 1. The van der Waals surface area contributed by atoms with E-state index in [9.17, 15) is 13.2 Å². The number of allylic oxidation sites excluding steroid dienone is 2. The van der Waals surface area contributed by atoms with E-state index in [0.29, 0.717) is 16.7 Å². The Balaban J connectivity index is 1.27. The Morgan fingerprint density at radius 3 is 2.20 bits per heavy atom. The third-order valence-corrected chi connectivity index (χ3v) is 9.40. The van der Waals surface area contributed by atoms with Crippen molar-refractivity contribution in [3.8, 4) is 0 Å². The fraction of sp³-hybridized carbons (Fsp3) is 0.500. The number of carbonyl (C=O) groups excluding carboxylic acids is 1. The Hall–Kier alpha value is -3.38. The summed E-state index contributed by atoms with van der Waals surface area (Å²) in [6.07, 6.45) is 23.2. The molecule has 0 bridgehead atoms. The van der Waals surface area contributed by atoms with Crippen LogP contribution in [-0.2, 0) is 21.2 Å². The van der Waals surface area contributed by atoms with Crippen LogP contribution in [0.3, 0.4) is 0 Å². The molecule has 0 radical (unpaired) electrons. The molecule has 240 valence electrons. The van der Waals surface area contributed by atoms with Crippen LogP contribution in [-0.4, -0.2) is 39.9 Å². The molecule has 2 aromatic heterocycles. The first kappa shape index (κ1) is 35.1. The van der Waals surface area contributed by atoms with Gasteiger partial charge in [-0.15, -0.1) is 10.2 Å². The van der Waals surface area contributed by atoms with Gasteiger partial charge in [0, 0.05) is 18.3 Å². The fourth-order valence-corrected chi connectivity index (χ4v) is 6.28. The number of benzene rings is 1. The number of hydrogen-bond donors (Lipinski definition) is 3. The molecule has 0 saturated heterocycles. The predicted octanol–water partition coefficient (Wildman–Crippen LogP) is 7.11. The number of unbranched alkanes of at least 4 members (excludes halogenated alkanes) is 11. The summed E-state index contributed by atoms with van der Waals surface area (Å²) in [4.78, 5) is 16.5. The maximum atomic E-state index is 12.6. The van der Waals surface area contributed by atoms with Gasteiger partial charge in [-0.3, -0.25) is 9.52 Å². The first-order chi connectivity index (χ1) is 21.4. The molecule has 0 atom stereocenters. The van der Waals surface area contributed by atoms with Crippen LogP contribution in [0.4, 0.5) is 11.5 Å². The first-order valence-corrected chi connectivity index (χ1v) is 18.2. The van der Waals surface area contributed by atoms with Crippen molar-refractivity contribution < 1.29 is 13.2 Å². The Morgan fingerprint density at radius 1 is 0.886 bits per heavy atom. The van der Waals surface area contributed by atoms with Gasteiger partial charge in [0.2, 0.25) is 11.1 Å². The lowest BCUT2D eigenvalue weighted by molar-refractivity contribution is -0.113. The SMILES string of the molecule is CCCCCCCCC=CCCCCCCCc1nnc(SCC(=O)Nc2ccc(S(=O)(=O)Nc3ccccn3)cc2)n1N. The van der Waals surface area contributed by atoms with Crippen molar-refractivity contribution in [2.45, 2.75) is 107 Å². The standard InChI is InChI=1S/C32H47N7O3S2/c1-2-3-4-5-6-7-8-9-10-11-12-13-14-15-16-20-30-36-37-32(39(30)33)43-26-31(40)35-27-21-23-28(24-22-27)44(41,42)38-29-19-17-18-25-34-29/h9-10,17-19,21-25H,2-8,11-16,20,26,33H2,1H3,(H,34,38)(H,35,40). The van der Waals surface area contributed by atoms with Gasteiger partial charge >= 0.3 is 0 Å². The molecular formula is C32H47N7O3S2. The van der Waals surface area contributed by atoms with Crippen LogP contribution >= 0.6 is 11.8 Å². The fourth-order valence-electron chi connectivity index (χ4n) is 4.59. The number of amides is 1. The molecule has 2 heterocycles. The van der Waals surface area contributed by atoms with Crippen molar-refractivity contribution in [3.63, 3.8) is 0 Å². The highest BCUT2D eigenvalue weighted by atomic mass is 32.2. The van der Waals surface area contributed by atoms with Gasteiger partial charge in [0.15, 0.2) is 5.82 Å². The number of pyridine rings is 1. The maximum Gasteiger partial charge on any atom is 0.263 e. The highest BCUT2D eigenvalue weighted by molar-refractivity contribution is 7.99. The zero-order valence-corrected chi connectivity index (χ0v) is 27.4. The molecule has 1 aromatic carbocycles. The monoisotopic (exact) mass is 641 g/mol. The van der Waals surface area contributed by atoms with Gasteiger partial charge < -0.3 is 11.2 Å². The number of rotatable bonds is 22.